The molecule has 0 aliphatic carbocycles. The number of hydrogen-bond donors (Lipinski definition) is 1. The van der Waals surface area contributed by atoms with Crippen molar-refractivity contribution in [3.05, 3.63) is 59.9 Å². The van der Waals surface area contributed by atoms with Gasteiger partial charge in [0.2, 0.25) is 0 Å². The maximum absolute atomic E-state index is 13.0. The third-order valence-electron chi connectivity index (χ3n) is 3.79. The number of oxime groups is 1. The minimum absolute atomic E-state index is 0.0163. The van der Waals surface area contributed by atoms with Gasteiger partial charge in [-0.15, -0.1) is 0 Å². The van der Waals surface area contributed by atoms with Crippen LogP contribution in [0.15, 0.2) is 53.7 Å². The predicted molar refractivity (Wildman–Crippen MR) is 94.5 cm³/mol. The van der Waals surface area contributed by atoms with Crippen molar-refractivity contribution in [2.75, 3.05) is 6.23 Å². The van der Waals surface area contributed by atoms with Gasteiger partial charge in [0, 0.05) is 12.5 Å². The van der Waals surface area contributed by atoms with Gasteiger partial charge in [-0.3, -0.25) is 4.79 Å². The molecule has 2 aromatic rings. The molecule has 0 saturated heterocycles. The molecule has 126 valence electrons. The highest BCUT2D eigenvalue weighted by Gasteiger charge is 2.24. The summed E-state index contributed by atoms with van der Waals surface area (Å²) in [6, 6.07) is 13.4. The highest BCUT2D eigenvalue weighted by Crippen LogP contribution is 2.15. The van der Waals surface area contributed by atoms with Crippen molar-refractivity contribution >= 4 is 24.8 Å². The monoisotopic (exact) mass is 345 g/mol. The number of hydrogen-bond acceptors (Lipinski definition) is 4. The van der Waals surface area contributed by atoms with Crippen molar-refractivity contribution in [2.24, 2.45) is 5.16 Å². The lowest BCUT2D eigenvalue weighted by molar-refractivity contribution is -0.111. The van der Waals surface area contributed by atoms with E-state index in [0.717, 1.165) is 5.19 Å². The number of carbonyl (C=O) groups excluding carboxylic acids is 1. The number of carbonyl (C=O) groups is 1. The van der Waals surface area contributed by atoms with Crippen LogP contribution in [0.1, 0.15) is 12.5 Å². The molecule has 0 aromatic heterocycles. The average molecular weight is 345 g/mol. The summed E-state index contributed by atoms with van der Waals surface area (Å²) < 4.78 is 18.9. The third-order valence-corrected chi connectivity index (χ3v) is 6.55. The summed E-state index contributed by atoms with van der Waals surface area (Å²) in [5.74, 6) is 0.116. The van der Waals surface area contributed by atoms with Crippen molar-refractivity contribution in [1.29, 1.82) is 0 Å². The van der Waals surface area contributed by atoms with Gasteiger partial charge in [0.15, 0.2) is 11.5 Å². The van der Waals surface area contributed by atoms with Gasteiger partial charge in [0.25, 0.3) is 0 Å². The first-order chi connectivity index (χ1) is 11.3. The number of nitrogens with zero attached hydrogens (tertiary/aromatic N) is 1. The Labute approximate surface area is 141 Å². The van der Waals surface area contributed by atoms with Crippen LogP contribution in [-0.2, 0) is 4.79 Å². The molecule has 24 heavy (non-hydrogen) atoms. The zero-order valence-corrected chi connectivity index (χ0v) is 14.9. The summed E-state index contributed by atoms with van der Waals surface area (Å²) in [6.45, 7) is 5.65. The highest BCUT2D eigenvalue weighted by molar-refractivity contribution is 6.89. The number of ketones is 1. The number of Topliss-reactive ketones (excluding diaryl/α,β-unsaturated/α-hetero) is 1. The fraction of sp³-hybridized carbons (Fsp3) is 0.222. The Bertz CT molecular complexity index is 740. The molecule has 0 aliphatic rings. The first-order valence-corrected chi connectivity index (χ1v) is 10.8. The zero-order chi connectivity index (χ0) is 17.7. The van der Waals surface area contributed by atoms with Gasteiger partial charge in [-0.1, -0.05) is 35.6 Å². The van der Waals surface area contributed by atoms with Crippen molar-refractivity contribution in [2.45, 2.75) is 20.0 Å². The Balaban J connectivity index is 2.06. The van der Waals surface area contributed by atoms with E-state index < -0.39 is 8.07 Å². The van der Waals surface area contributed by atoms with Gasteiger partial charge >= 0.3 is 0 Å². The SMILES string of the molecule is CC(=O)C(=NO)c1ccc(OC[Si](C)(C)c2ccc(F)cc2)cc1. The number of halogens is 1. The first-order valence-electron chi connectivity index (χ1n) is 7.56. The molecular weight excluding hydrogens is 325 g/mol. The Morgan fingerprint density at radius 3 is 2.21 bits per heavy atom. The highest BCUT2D eigenvalue weighted by atomic mass is 28.3. The molecule has 6 heteroatoms. The Morgan fingerprint density at radius 2 is 1.71 bits per heavy atom. The summed E-state index contributed by atoms with van der Waals surface area (Å²) >= 11 is 0. The fourth-order valence-corrected chi connectivity index (χ4v) is 4.05. The lowest BCUT2D eigenvalue weighted by atomic mass is 10.1. The van der Waals surface area contributed by atoms with Crippen molar-refractivity contribution < 1.29 is 19.1 Å². The summed E-state index contributed by atoms with van der Waals surface area (Å²) in [6.07, 6.45) is 0.547. The van der Waals surface area contributed by atoms with Gasteiger partial charge in [-0.2, -0.15) is 0 Å². The molecule has 0 spiro atoms. The normalized spacial score (nSPS) is 12.1. The van der Waals surface area contributed by atoms with E-state index in [1.807, 2.05) is 12.1 Å². The topological polar surface area (TPSA) is 58.9 Å². The number of benzene rings is 2. The van der Waals surface area contributed by atoms with E-state index in [1.54, 1.807) is 24.3 Å². The van der Waals surface area contributed by atoms with Crippen LogP contribution in [-0.4, -0.2) is 31.0 Å². The van der Waals surface area contributed by atoms with Gasteiger partial charge in [0.05, 0.1) is 6.23 Å². The maximum Gasteiger partial charge on any atom is 0.182 e. The summed E-state index contributed by atoms with van der Waals surface area (Å²) in [5.41, 5.74) is 0.551. The summed E-state index contributed by atoms with van der Waals surface area (Å²) in [5, 5.41) is 13.0. The largest absolute Gasteiger partial charge is 0.497 e. The molecule has 0 fully saturated rings. The predicted octanol–water partition coefficient (Wildman–Crippen LogP) is 3.13. The molecule has 0 atom stereocenters. The minimum Gasteiger partial charge on any atom is -0.497 e. The average Bonchev–Trinajstić information content (AvgIpc) is 2.55. The van der Waals surface area contributed by atoms with Gasteiger partial charge in [-0.25, -0.2) is 4.39 Å². The van der Waals surface area contributed by atoms with Gasteiger partial charge < -0.3 is 9.94 Å². The van der Waals surface area contributed by atoms with E-state index >= 15 is 0 Å². The van der Waals surface area contributed by atoms with Crippen molar-refractivity contribution in [3.63, 3.8) is 0 Å². The second kappa shape index (κ2) is 7.40. The molecule has 0 heterocycles. The molecule has 0 amide bonds. The first kappa shape index (κ1) is 17.9. The molecule has 2 rings (SSSR count). The standard InChI is InChI=1S/C18H20FNO3Si/c1-13(21)18(20-22)14-4-8-16(9-5-14)23-12-24(2,3)17-10-6-15(19)7-11-17/h4-11,22H,12H2,1-3H3. The molecule has 0 radical (unpaired) electrons. The van der Waals surface area contributed by atoms with Crippen LogP contribution in [0.5, 0.6) is 5.75 Å². The van der Waals surface area contributed by atoms with E-state index in [-0.39, 0.29) is 17.3 Å². The van der Waals surface area contributed by atoms with Crippen LogP contribution in [0.3, 0.4) is 0 Å². The second-order valence-corrected chi connectivity index (χ2v) is 10.8. The van der Waals surface area contributed by atoms with E-state index in [2.05, 4.69) is 18.2 Å². The number of rotatable bonds is 6. The molecule has 0 bridgehead atoms. The van der Waals surface area contributed by atoms with Gasteiger partial charge in [-0.05, 0) is 36.4 Å². The second-order valence-electron chi connectivity index (χ2n) is 6.21. The maximum atomic E-state index is 13.0. The molecule has 0 unspecified atom stereocenters. The fourth-order valence-electron chi connectivity index (χ4n) is 2.29. The molecular formula is C18H20FNO3Si. The van der Waals surface area contributed by atoms with Crippen LogP contribution in [0, 0.1) is 5.82 Å². The van der Waals surface area contributed by atoms with E-state index in [0.29, 0.717) is 17.5 Å². The third kappa shape index (κ3) is 4.29. The van der Waals surface area contributed by atoms with Crippen LogP contribution in [0.25, 0.3) is 0 Å². The molecule has 2 aromatic carbocycles. The summed E-state index contributed by atoms with van der Waals surface area (Å²) in [7, 11) is -1.85. The zero-order valence-electron chi connectivity index (χ0n) is 13.9. The van der Waals surface area contributed by atoms with E-state index in [4.69, 9.17) is 9.94 Å². The minimum atomic E-state index is -1.85. The van der Waals surface area contributed by atoms with Gasteiger partial charge in [0.1, 0.15) is 19.6 Å². The quantitative estimate of drug-likeness (QED) is 0.379. The molecule has 0 aliphatic heterocycles. The Hall–Kier alpha value is -2.47. The van der Waals surface area contributed by atoms with Crippen LogP contribution in [0.2, 0.25) is 13.1 Å². The lowest BCUT2D eigenvalue weighted by Crippen LogP contribution is -2.47. The van der Waals surface area contributed by atoms with Crippen LogP contribution < -0.4 is 9.92 Å². The Morgan fingerprint density at radius 1 is 1.12 bits per heavy atom. The lowest BCUT2D eigenvalue weighted by Gasteiger charge is -2.23. The van der Waals surface area contributed by atoms with E-state index in [1.165, 1.54) is 19.1 Å². The summed E-state index contributed by atoms with van der Waals surface area (Å²) in [4.78, 5) is 11.4. The molecule has 1 N–H and O–H groups in total. The molecule has 4 nitrogen and oxygen atoms in total. The van der Waals surface area contributed by atoms with Crippen molar-refractivity contribution in [3.8, 4) is 5.75 Å². The van der Waals surface area contributed by atoms with E-state index in [9.17, 15) is 9.18 Å². The van der Waals surface area contributed by atoms with Crippen LogP contribution >= 0.6 is 0 Å². The van der Waals surface area contributed by atoms with Crippen LogP contribution in [0.4, 0.5) is 4.39 Å². The smallest absolute Gasteiger partial charge is 0.182 e. The van der Waals surface area contributed by atoms with Crippen molar-refractivity contribution in [1.82, 2.24) is 0 Å². The molecule has 0 saturated carbocycles. The Kier molecular flexibility index (Phi) is 5.51. The number of ether oxygens (including phenoxy) is 1.